The van der Waals surface area contributed by atoms with Crippen molar-refractivity contribution in [3.8, 4) is 0 Å². The van der Waals surface area contributed by atoms with Crippen molar-refractivity contribution in [3.63, 3.8) is 0 Å². The Morgan fingerprint density at radius 2 is 1.75 bits per heavy atom. The van der Waals surface area contributed by atoms with E-state index in [2.05, 4.69) is 60.4 Å². The van der Waals surface area contributed by atoms with Gasteiger partial charge in [-0.2, -0.15) is 10.2 Å². The average molecular weight is 374 g/mol. The average Bonchev–Trinajstić information content (AvgIpc) is 3.35. The van der Waals surface area contributed by atoms with Crippen molar-refractivity contribution in [2.75, 3.05) is 36.0 Å². The third-order valence-corrected chi connectivity index (χ3v) is 5.24. The van der Waals surface area contributed by atoms with Crippen molar-refractivity contribution in [2.45, 2.75) is 6.54 Å². The van der Waals surface area contributed by atoms with Gasteiger partial charge in [0.05, 0.1) is 30.0 Å². The topological polar surface area (TPSA) is 67.9 Å². The molecule has 0 aliphatic carbocycles. The zero-order valence-electron chi connectivity index (χ0n) is 15.8. The molecular weight excluding hydrogens is 352 g/mol. The lowest BCUT2D eigenvalue weighted by Crippen LogP contribution is -2.46. The van der Waals surface area contributed by atoms with Crippen LogP contribution >= 0.6 is 0 Å². The Bertz CT molecular complexity index is 1090. The molecule has 4 heterocycles. The number of aromatic nitrogens is 6. The van der Waals surface area contributed by atoms with Gasteiger partial charge >= 0.3 is 0 Å². The lowest BCUT2D eigenvalue weighted by Gasteiger charge is -2.36. The van der Waals surface area contributed by atoms with Gasteiger partial charge < -0.3 is 9.80 Å². The maximum Gasteiger partial charge on any atom is 0.161 e. The van der Waals surface area contributed by atoms with E-state index in [1.165, 1.54) is 16.9 Å². The molecule has 0 amide bonds. The summed E-state index contributed by atoms with van der Waals surface area (Å²) < 4.78 is 3.78. The minimum Gasteiger partial charge on any atom is -0.368 e. The molecule has 0 radical (unpaired) electrons. The second-order valence-electron chi connectivity index (χ2n) is 7.12. The van der Waals surface area contributed by atoms with Gasteiger partial charge in [0.2, 0.25) is 0 Å². The number of fused-ring (bicyclic) bond motifs is 1. The second kappa shape index (κ2) is 6.95. The van der Waals surface area contributed by atoms with Gasteiger partial charge in [0.25, 0.3) is 0 Å². The SMILES string of the molecule is Cn1cc(N2CCN(c3cccc(Cn4ncc5cncnc54)c3)CC2)cn1. The van der Waals surface area contributed by atoms with E-state index in [0.717, 1.165) is 37.2 Å². The molecule has 3 aromatic heterocycles. The Labute approximate surface area is 163 Å². The summed E-state index contributed by atoms with van der Waals surface area (Å²) in [6.45, 7) is 4.68. The summed E-state index contributed by atoms with van der Waals surface area (Å²) in [7, 11) is 1.96. The summed E-state index contributed by atoms with van der Waals surface area (Å²) in [5.41, 5.74) is 4.54. The smallest absolute Gasteiger partial charge is 0.161 e. The van der Waals surface area contributed by atoms with Gasteiger partial charge in [0.1, 0.15) is 6.33 Å². The van der Waals surface area contributed by atoms with Crippen LogP contribution in [-0.2, 0) is 13.6 Å². The van der Waals surface area contributed by atoms with Crippen LogP contribution in [0, 0.1) is 0 Å². The van der Waals surface area contributed by atoms with Gasteiger partial charge in [-0.05, 0) is 17.7 Å². The van der Waals surface area contributed by atoms with Crippen LogP contribution in [0.3, 0.4) is 0 Å². The molecule has 5 rings (SSSR count). The van der Waals surface area contributed by atoms with Gasteiger partial charge in [-0.25, -0.2) is 14.6 Å². The highest BCUT2D eigenvalue weighted by Gasteiger charge is 2.18. The van der Waals surface area contributed by atoms with E-state index >= 15 is 0 Å². The van der Waals surface area contributed by atoms with Crippen molar-refractivity contribution >= 4 is 22.4 Å². The molecule has 8 nitrogen and oxygen atoms in total. The van der Waals surface area contributed by atoms with Crippen LogP contribution in [0.1, 0.15) is 5.56 Å². The fourth-order valence-electron chi connectivity index (χ4n) is 3.76. The van der Waals surface area contributed by atoms with Crippen LogP contribution in [-0.4, -0.2) is 55.7 Å². The zero-order valence-corrected chi connectivity index (χ0v) is 15.8. The first kappa shape index (κ1) is 16.7. The van der Waals surface area contributed by atoms with Crippen molar-refractivity contribution in [2.24, 2.45) is 7.05 Å². The van der Waals surface area contributed by atoms with Gasteiger partial charge in [0.15, 0.2) is 5.65 Å². The van der Waals surface area contributed by atoms with Crippen LogP contribution < -0.4 is 9.80 Å². The normalized spacial score (nSPS) is 14.8. The van der Waals surface area contributed by atoms with Crippen molar-refractivity contribution in [1.82, 2.24) is 29.5 Å². The van der Waals surface area contributed by atoms with E-state index in [1.54, 1.807) is 12.5 Å². The lowest BCUT2D eigenvalue weighted by molar-refractivity contribution is 0.651. The number of piperazine rings is 1. The second-order valence-corrected chi connectivity index (χ2v) is 7.12. The first-order valence-corrected chi connectivity index (χ1v) is 9.45. The Hall–Kier alpha value is -3.42. The molecule has 4 aromatic rings. The number of benzene rings is 1. The number of anilines is 2. The Kier molecular flexibility index (Phi) is 4.16. The van der Waals surface area contributed by atoms with Gasteiger partial charge in [-0.3, -0.25) is 4.68 Å². The number of rotatable bonds is 4. The molecule has 1 fully saturated rings. The number of aryl methyl sites for hydroxylation is 1. The van der Waals surface area contributed by atoms with E-state index in [0.29, 0.717) is 6.54 Å². The van der Waals surface area contributed by atoms with E-state index < -0.39 is 0 Å². The highest BCUT2D eigenvalue weighted by molar-refractivity contribution is 5.72. The summed E-state index contributed by atoms with van der Waals surface area (Å²) >= 11 is 0. The predicted molar refractivity (Wildman–Crippen MR) is 109 cm³/mol. The maximum atomic E-state index is 4.46. The van der Waals surface area contributed by atoms with E-state index in [-0.39, 0.29) is 0 Å². The standard InChI is InChI=1S/C20H22N8/c1-25-14-19(12-23-25)27-7-5-26(6-8-27)18-4-2-3-16(9-18)13-28-20-17(11-24-28)10-21-15-22-20/h2-4,9-12,14-15H,5-8,13H2,1H3. The third kappa shape index (κ3) is 3.17. The molecule has 0 atom stereocenters. The molecule has 1 saturated heterocycles. The summed E-state index contributed by atoms with van der Waals surface area (Å²) in [5.74, 6) is 0. The van der Waals surface area contributed by atoms with Crippen LogP contribution in [0.5, 0.6) is 0 Å². The molecule has 1 aromatic carbocycles. The minimum atomic E-state index is 0.698. The number of hydrogen-bond acceptors (Lipinski definition) is 6. The molecule has 8 heteroatoms. The molecule has 1 aliphatic rings. The molecule has 0 unspecified atom stereocenters. The van der Waals surface area contributed by atoms with Crippen molar-refractivity contribution in [1.29, 1.82) is 0 Å². The molecule has 28 heavy (non-hydrogen) atoms. The molecule has 142 valence electrons. The van der Waals surface area contributed by atoms with Crippen molar-refractivity contribution in [3.05, 3.63) is 60.9 Å². The first-order valence-electron chi connectivity index (χ1n) is 9.45. The maximum absolute atomic E-state index is 4.46. The highest BCUT2D eigenvalue weighted by Crippen LogP contribution is 2.22. The molecular formula is C20H22N8. The quantitative estimate of drug-likeness (QED) is 0.544. The molecule has 0 spiro atoms. The summed E-state index contributed by atoms with van der Waals surface area (Å²) in [6, 6.07) is 8.71. The van der Waals surface area contributed by atoms with E-state index in [9.17, 15) is 0 Å². The Balaban J connectivity index is 1.29. The minimum absolute atomic E-state index is 0.698. The summed E-state index contributed by atoms with van der Waals surface area (Å²) in [4.78, 5) is 13.2. The molecule has 0 N–H and O–H groups in total. The fraction of sp³-hybridized carbons (Fsp3) is 0.300. The number of nitrogens with zero attached hydrogens (tertiary/aromatic N) is 8. The first-order chi connectivity index (χ1) is 13.8. The molecule has 1 aliphatic heterocycles. The molecule has 0 bridgehead atoms. The monoisotopic (exact) mass is 374 g/mol. The van der Waals surface area contributed by atoms with Crippen LogP contribution in [0.25, 0.3) is 11.0 Å². The van der Waals surface area contributed by atoms with Crippen LogP contribution in [0.4, 0.5) is 11.4 Å². The van der Waals surface area contributed by atoms with Gasteiger partial charge in [-0.1, -0.05) is 12.1 Å². The Morgan fingerprint density at radius 1 is 0.929 bits per heavy atom. The fourth-order valence-corrected chi connectivity index (χ4v) is 3.76. The summed E-state index contributed by atoms with van der Waals surface area (Å²) in [6.07, 6.45) is 9.20. The van der Waals surface area contributed by atoms with E-state index in [4.69, 9.17) is 0 Å². The van der Waals surface area contributed by atoms with Crippen LogP contribution in [0.2, 0.25) is 0 Å². The van der Waals surface area contributed by atoms with Crippen molar-refractivity contribution < 1.29 is 0 Å². The highest BCUT2D eigenvalue weighted by atomic mass is 15.3. The van der Waals surface area contributed by atoms with Gasteiger partial charge in [0, 0.05) is 51.3 Å². The number of hydrogen-bond donors (Lipinski definition) is 0. The van der Waals surface area contributed by atoms with Gasteiger partial charge in [-0.15, -0.1) is 0 Å². The van der Waals surface area contributed by atoms with E-state index in [1.807, 2.05) is 28.8 Å². The van der Waals surface area contributed by atoms with Crippen LogP contribution in [0.15, 0.2) is 55.4 Å². The lowest BCUT2D eigenvalue weighted by atomic mass is 10.1. The predicted octanol–water partition coefficient (Wildman–Crippen LogP) is 1.93. The Morgan fingerprint density at radius 3 is 2.54 bits per heavy atom. The largest absolute Gasteiger partial charge is 0.368 e. The molecule has 0 saturated carbocycles. The zero-order chi connectivity index (χ0) is 18.9. The summed E-state index contributed by atoms with van der Waals surface area (Å²) in [5, 5.41) is 9.71. The third-order valence-electron chi connectivity index (χ3n) is 5.24.